The summed E-state index contributed by atoms with van der Waals surface area (Å²) in [5.74, 6) is -0.269. The number of nitrogens with zero attached hydrogens (tertiary/aromatic N) is 2. The second-order valence-electron chi connectivity index (χ2n) is 10.5. The minimum Gasteiger partial charge on any atom is -0.495 e. The number of nitrogens with one attached hydrogen (secondary N) is 1. The molecule has 0 unspecified atom stereocenters. The van der Waals surface area contributed by atoms with E-state index in [4.69, 9.17) is 16.3 Å². The molecule has 0 radical (unpaired) electrons. The van der Waals surface area contributed by atoms with Gasteiger partial charge in [0.1, 0.15) is 18.3 Å². The summed E-state index contributed by atoms with van der Waals surface area (Å²) in [6.45, 7) is 9.43. The van der Waals surface area contributed by atoms with Crippen molar-refractivity contribution in [3.8, 4) is 5.75 Å². The second kappa shape index (κ2) is 13.9. The Morgan fingerprint density at radius 1 is 0.951 bits per heavy atom. The summed E-state index contributed by atoms with van der Waals surface area (Å²) in [6, 6.07) is 17.7. The van der Waals surface area contributed by atoms with Gasteiger partial charge in [-0.2, -0.15) is 0 Å². The number of sulfonamides is 1. The Hall–Kier alpha value is -3.56. The monoisotopic (exact) mass is 599 g/mol. The molecule has 3 aromatic rings. The molecular weight excluding hydrogens is 562 g/mol. The van der Waals surface area contributed by atoms with E-state index in [-0.39, 0.29) is 34.0 Å². The van der Waals surface area contributed by atoms with Gasteiger partial charge in [0, 0.05) is 13.1 Å². The van der Waals surface area contributed by atoms with E-state index in [1.165, 1.54) is 36.3 Å². The number of rotatable bonds is 12. The Balaban J connectivity index is 2.05. The topological polar surface area (TPSA) is 96.0 Å². The first kappa shape index (κ1) is 32.0. The lowest BCUT2D eigenvalue weighted by Crippen LogP contribution is -2.51. The molecule has 10 heteroatoms. The van der Waals surface area contributed by atoms with Crippen LogP contribution < -0.4 is 14.4 Å². The zero-order valence-corrected chi connectivity index (χ0v) is 25.9. The lowest BCUT2D eigenvalue weighted by Gasteiger charge is -2.32. The maximum Gasteiger partial charge on any atom is 0.264 e. The molecule has 0 aliphatic carbocycles. The molecule has 8 nitrogen and oxygen atoms in total. The van der Waals surface area contributed by atoms with E-state index in [9.17, 15) is 18.0 Å². The zero-order chi connectivity index (χ0) is 30.3. The van der Waals surface area contributed by atoms with Gasteiger partial charge in [-0.3, -0.25) is 13.9 Å². The van der Waals surface area contributed by atoms with E-state index >= 15 is 0 Å². The van der Waals surface area contributed by atoms with E-state index in [0.29, 0.717) is 12.3 Å². The van der Waals surface area contributed by atoms with Crippen LogP contribution in [0.3, 0.4) is 0 Å². The molecule has 220 valence electrons. The molecule has 2 amide bonds. The normalized spacial score (nSPS) is 12.1. The highest BCUT2D eigenvalue weighted by molar-refractivity contribution is 7.92. The summed E-state index contributed by atoms with van der Waals surface area (Å²) in [7, 11) is -2.74. The number of carbonyl (C=O) groups is 2. The number of amides is 2. The quantitative estimate of drug-likeness (QED) is 0.303. The number of ether oxygens (including phenoxy) is 1. The molecule has 0 aliphatic heterocycles. The molecule has 0 fully saturated rings. The molecule has 0 aliphatic rings. The largest absolute Gasteiger partial charge is 0.495 e. The summed E-state index contributed by atoms with van der Waals surface area (Å²) in [4.78, 5) is 28.6. The number of halogens is 1. The van der Waals surface area contributed by atoms with Crippen LogP contribution in [0, 0.1) is 19.8 Å². The van der Waals surface area contributed by atoms with Crippen LogP contribution in [0.25, 0.3) is 0 Å². The standard InChI is InChI=1S/C31H38ClN3O5S/c1-21(2)18-33-31(37)24(5)34(19-25-9-7-8-23(4)16-25)30(36)20-35(26-12-15-29(40-6)28(32)17-26)41(38,39)27-13-10-22(3)11-14-27/h7-17,21,24H,18-20H2,1-6H3,(H,33,37)/t24-/m0/s1. The minimum absolute atomic E-state index is 0.0239. The third-order valence-electron chi connectivity index (χ3n) is 6.60. The fraction of sp³-hybridized carbons (Fsp3) is 0.355. The molecule has 41 heavy (non-hydrogen) atoms. The Bertz CT molecular complexity index is 1480. The van der Waals surface area contributed by atoms with Gasteiger partial charge < -0.3 is 15.0 Å². The molecule has 0 saturated carbocycles. The van der Waals surface area contributed by atoms with Crippen molar-refractivity contribution >= 4 is 39.1 Å². The lowest BCUT2D eigenvalue weighted by molar-refractivity contribution is -0.139. The highest BCUT2D eigenvalue weighted by Gasteiger charge is 2.33. The van der Waals surface area contributed by atoms with Crippen molar-refractivity contribution in [2.24, 2.45) is 5.92 Å². The number of anilines is 1. The van der Waals surface area contributed by atoms with Crippen molar-refractivity contribution in [3.05, 3.63) is 88.4 Å². The fourth-order valence-electron chi connectivity index (χ4n) is 4.22. The summed E-state index contributed by atoms with van der Waals surface area (Å²) < 4.78 is 34.2. The van der Waals surface area contributed by atoms with Gasteiger partial charge >= 0.3 is 0 Å². The smallest absolute Gasteiger partial charge is 0.264 e. The molecule has 0 bridgehead atoms. The van der Waals surface area contributed by atoms with Crippen LogP contribution in [-0.2, 0) is 26.2 Å². The number of hydrogen-bond acceptors (Lipinski definition) is 5. The molecule has 0 spiro atoms. The first-order chi connectivity index (χ1) is 19.3. The molecule has 3 aromatic carbocycles. The lowest BCUT2D eigenvalue weighted by atomic mass is 10.1. The van der Waals surface area contributed by atoms with Gasteiger partial charge in [-0.25, -0.2) is 8.42 Å². The molecule has 0 saturated heterocycles. The molecule has 0 heterocycles. The highest BCUT2D eigenvalue weighted by Crippen LogP contribution is 2.32. The Labute approximate surface area is 248 Å². The number of hydrogen-bond donors (Lipinski definition) is 1. The van der Waals surface area contributed by atoms with E-state index in [1.807, 2.05) is 52.0 Å². The van der Waals surface area contributed by atoms with Crippen molar-refractivity contribution < 1.29 is 22.7 Å². The SMILES string of the molecule is COc1ccc(N(CC(=O)N(Cc2cccc(C)c2)[C@@H](C)C(=O)NCC(C)C)S(=O)(=O)c2ccc(C)cc2)cc1Cl. The van der Waals surface area contributed by atoms with Crippen LogP contribution in [0.5, 0.6) is 5.75 Å². The fourth-order valence-corrected chi connectivity index (χ4v) is 5.88. The average molecular weight is 600 g/mol. The molecule has 1 atom stereocenters. The Morgan fingerprint density at radius 2 is 1.63 bits per heavy atom. The molecule has 1 N–H and O–H groups in total. The van der Waals surface area contributed by atoms with Crippen LogP contribution in [0.4, 0.5) is 5.69 Å². The molecule has 0 aromatic heterocycles. The van der Waals surface area contributed by atoms with Gasteiger partial charge in [0.2, 0.25) is 11.8 Å². The minimum atomic E-state index is -4.20. The predicted octanol–water partition coefficient (Wildman–Crippen LogP) is 5.35. The first-order valence-corrected chi connectivity index (χ1v) is 15.2. The summed E-state index contributed by atoms with van der Waals surface area (Å²) in [6.07, 6.45) is 0. The summed E-state index contributed by atoms with van der Waals surface area (Å²) >= 11 is 6.37. The zero-order valence-electron chi connectivity index (χ0n) is 24.3. The number of methoxy groups -OCH3 is 1. The average Bonchev–Trinajstić information content (AvgIpc) is 2.93. The Morgan fingerprint density at radius 3 is 2.22 bits per heavy atom. The van der Waals surface area contributed by atoms with Crippen LogP contribution >= 0.6 is 11.6 Å². The number of aryl methyl sites for hydroxylation is 2. The highest BCUT2D eigenvalue weighted by atomic mass is 35.5. The summed E-state index contributed by atoms with van der Waals surface area (Å²) in [5.41, 5.74) is 2.91. The molecule has 3 rings (SSSR count). The van der Waals surface area contributed by atoms with Gasteiger partial charge in [-0.15, -0.1) is 0 Å². The van der Waals surface area contributed by atoms with Gasteiger partial charge in [0.05, 0.1) is 22.7 Å². The van der Waals surface area contributed by atoms with E-state index in [1.54, 1.807) is 25.1 Å². The predicted molar refractivity (Wildman–Crippen MR) is 163 cm³/mol. The Kier molecular flexibility index (Phi) is 10.8. The van der Waals surface area contributed by atoms with Crippen molar-refractivity contribution in [3.63, 3.8) is 0 Å². The maximum atomic E-state index is 14.0. The van der Waals surface area contributed by atoms with Gasteiger partial charge in [-0.1, -0.05) is 73.0 Å². The number of benzene rings is 3. The van der Waals surface area contributed by atoms with Crippen molar-refractivity contribution in [1.82, 2.24) is 10.2 Å². The van der Waals surface area contributed by atoms with E-state index in [2.05, 4.69) is 5.32 Å². The number of carbonyl (C=O) groups excluding carboxylic acids is 2. The first-order valence-electron chi connectivity index (χ1n) is 13.4. The third kappa shape index (κ3) is 8.24. The second-order valence-corrected chi connectivity index (χ2v) is 12.7. The van der Waals surface area contributed by atoms with E-state index in [0.717, 1.165) is 21.0 Å². The van der Waals surface area contributed by atoms with Gasteiger partial charge in [0.25, 0.3) is 10.0 Å². The van der Waals surface area contributed by atoms with Crippen LogP contribution in [0.1, 0.15) is 37.5 Å². The van der Waals surface area contributed by atoms with Crippen LogP contribution in [-0.4, -0.2) is 51.4 Å². The third-order valence-corrected chi connectivity index (χ3v) is 8.68. The van der Waals surface area contributed by atoms with E-state index < -0.39 is 28.5 Å². The van der Waals surface area contributed by atoms with Gasteiger partial charge in [-0.05, 0) is 62.6 Å². The maximum absolute atomic E-state index is 14.0. The van der Waals surface area contributed by atoms with Crippen molar-refractivity contribution in [1.29, 1.82) is 0 Å². The van der Waals surface area contributed by atoms with Crippen molar-refractivity contribution in [2.45, 2.75) is 52.1 Å². The van der Waals surface area contributed by atoms with Crippen LogP contribution in [0.15, 0.2) is 71.6 Å². The van der Waals surface area contributed by atoms with Crippen LogP contribution in [0.2, 0.25) is 5.02 Å². The molecular formula is C31H38ClN3O5S. The van der Waals surface area contributed by atoms with Gasteiger partial charge in [0.15, 0.2) is 0 Å². The van der Waals surface area contributed by atoms with Crippen molar-refractivity contribution in [2.75, 3.05) is 24.5 Å². The summed E-state index contributed by atoms with van der Waals surface area (Å²) in [5, 5.41) is 3.08.